The molecule has 0 spiro atoms. The third-order valence-electron chi connectivity index (χ3n) is 2.48. The molecule has 0 aliphatic rings. The number of allylic oxidation sites excluding steroid dienone is 1. The van der Waals surface area contributed by atoms with Crippen molar-refractivity contribution in [3.8, 4) is 0 Å². The number of sulfonamides is 1. The summed E-state index contributed by atoms with van der Waals surface area (Å²) in [6, 6.07) is 5.29. The summed E-state index contributed by atoms with van der Waals surface area (Å²) >= 11 is 0. The molecule has 0 fully saturated rings. The Labute approximate surface area is 112 Å². The SMILES string of the molecule is C=CCCCCNS(=O)(=O)c1ccccc1[N+](=O)[O-]. The van der Waals surface area contributed by atoms with Crippen LogP contribution in [0.2, 0.25) is 0 Å². The maximum atomic E-state index is 12.0. The largest absolute Gasteiger partial charge is 0.289 e. The first kappa shape index (κ1) is 15.3. The molecule has 0 heterocycles. The van der Waals surface area contributed by atoms with Crippen molar-refractivity contribution in [2.24, 2.45) is 0 Å². The predicted octanol–water partition coefficient (Wildman–Crippen LogP) is 2.23. The Morgan fingerprint density at radius 2 is 2.00 bits per heavy atom. The second-order valence-corrected chi connectivity index (χ2v) is 5.64. The predicted molar refractivity (Wildman–Crippen MR) is 72.3 cm³/mol. The highest BCUT2D eigenvalue weighted by Gasteiger charge is 2.24. The van der Waals surface area contributed by atoms with Gasteiger partial charge in [0.15, 0.2) is 4.90 Å². The van der Waals surface area contributed by atoms with Crippen LogP contribution in [0.4, 0.5) is 5.69 Å². The fraction of sp³-hybridized carbons (Fsp3) is 0.333. The summed E-state index contributed by atoms with van der Waals surface area (Å²) in [5, 5.41) is 10.8. The molecule has 7 heteroatoms. The van der Waals surface area contributed by atoms with Crippen LogP contribution in [0.1, 0.15) is 19.3 Å². The Hall–Kier alpha value is -1.73. The van der Waals surface area contributed by atoms with Crippen LogP contribution >= 0.6 is 0 Å². The molecule has 0 saturated heterocycles. The van der Waals surface area contributed by atoms with Crippen molar-refractivity contribution in [2.45, 2.75) is 24.2 Å². The molecule has 6 nitrogen and oxygen atoms in total. The van der Waals surface area contributed by atoms with Crippen molar-refractivity contribution in [1.82, 2.24) is 4.72 Å². The fourth-order valence-electron chi connectivity index (χ4n) is 1.53. The Balaban J connectivity index is 2.77. The molecule has 104 valence electrons. The monoisotopic (exact) mass is 284 g/mol. The number of nitrogens with one attached hydrogen (secondary N) is 1. The summed E-state index contributed by atoms with van der Waals surface area (Å²) in [6.07, 6.45) is 4.05. The van der Waals surface area contributed by atoms with Gasteiger partial charge >= 0.3 is 0 Å². The topological polar surface area (TPSA) is 89.3 Å². The summed E-state index contributed by atoms with van der Waals surface area (Å²) in [4.78, 5) is 9.78. The van der Waals surface area contributed by atoms with E-state index in [-0.39, 0.29) is 11.4 Å². The molecule has 1 aromatic carbocycles. The minimum Gasteiger partial charge on any atom is -0.258 e. The number of hydrogen-bond acceptors (Lipinski definition) is 4. The number of nitro benzene ring substituents is 1. The number of hydrogen-bond donors (Lipinski definition) is 1. The lowest BCUT2D eigenvalue weighted by molar-refractivity contribution is -0.387. The van der Waals surface area contributed by atoms with Crippen LogP contribution in [-0.4, -0.2) is 19.9 Å². The second kappa shape index (κ2) is 7.01. The Morgan fingerprint density at radius 3 is 2.63 bits per heavy atom. The standard InChI is InChI=1S/C12H16N2O4S/c1-2-3-4-7-10-13-19(17,18)12-9-6-5-8-11(12)14(15)16/h2,5-6,8-9,13H,1,3-4,7,10H2. The zero-order valence-corrected chi connectivity index (χ0v) is 11.2. The summed E-state index contributed by atoms with van der Waals surface area (Å²) in [5.41, 5.74) is -0.416. The van der Waals surface area contributed by atoms with E-state index in [1.54, 1.807) is 6.08 Å². The molecule has 19 heavy (non-hydrogen) atoms. The van der Waals surface area contributed by atoms with Gasteiger partial charge < -0.3 is 0 Å². The van der Waals surface area contributed by atoms with Crippen molar-refractivity contribution in [3.63, 3.8) is 0 Å². The molecule has 1 rings (SSSR count). The van der Waals surface area contributed by atoms with E-state index in [2.05, 4.69) is 11.3 Å². The minimum atomic E-state index is -3.84. The van der Waals surface area contributed by atoms with Crippen molar-refractivity contribution in [3.05, 3.63) is 47.0 Å². The molecule has 0 aromatic heterocycles. The lowest BCUT2D eigenvalue weighted by Gasteiger charge is -2.06. The van der Waals surface area contributed by atoms with Gasteiger partial charge in [0, 0.05) is 12.6 Å². The molecular formula is C12H16N2O4S. The first-order valence-electron chi connectivity index (χ1n) is 5.83. The van der Waals surface area contributed by atoms with Gasteiger partial charge in [-0.05, 0) is 25.3 Å². The zero-order valence-electron chi connectivity index (χ0n) is 10.4. The molecule has 1 aromatic rings. The highest BCUT2D eigenvalue weighted by Crippen LogP contribution is 2.22. The first-order valence-corrected chi connectivity index (χ1v) is 7.31. The maximum Gasteiger partial charge on any atom is 0.289 e. The third-order valence-corrected chi connectivity index (χ3v) is 3.99. The lowest BCUT2D eigenvalue weighted by Crippen LogP contribution is -2.25. The van der Waals surface area contributed by atoms with E-state index < -0.39 is 20.6 Å². The zero-order chi connectivity index (χ0) is 14.3. The Morgan fingerprint density at radius 1 is 1.32 bits per heavy atom. The van der Waals surface area contributed by atoms with Crippen LogP contribution in [0.15, 0.2) is 41.8 Å². The van der Waals surface area contributed by atoms with Gasteiger partial charge in [-0.1, -0.05) is 18.2 Å². The fourth-order valence-corrected chi connectivity index (χ4v) is 2.78. The highest BCUT2D eigenvalue weighted by molar-refractivity contribution is 7.89. The van der Waals surface area contributed by atoms with E-state index >= 15 is 0 Å². The molecule has 0 saturated carbocycles. The van der Waals surface area contributed by atoms with Crippen molar-refractivity contribution in [2.75, 3.05) is 6.54 Å². The highest BCUT2D eigenvalue weighted by atomic mass is 32.2. The van der Waals surface area contributed by atoms with E-state index in [9.17, 15) is 18.5 Å². The molecule has 0 bridgehead atoms. The van der Waals surface area contributed by atoms with Crippen molar-refractivity contribution < 1.29 is 13.3 Å². The van der Waals surface area contributed by atoms with E-state index in [0.29, 0.717) is 6.42 Å². The summed E-state index contributed by atoms with van der Waals surface area (Å²) < 4.78 is 26.3. The Kier molecular flexibility index (Phi) is 5.65. The lowest BCUT2D eigenvalue weighted by atomic mass is 10.2. The van der Waals surface area contributed by atoms with Crippen LogP contribution in [0.25, 0.3) is 0 Å². The number of unbranched alkanes of at least 4 members (excludes halogenated alkanes) is 2. The van der Waals surface area contributed by atoms with E-state index in [1.165, 1.54) is 24.3 Å². The molecule has 0 unspecified atom stereocenters. The van der Waals surface area contributed by atoms with Gasteiger partial charge in [-0.25, -0.2) is 13.1 Å². The van der Waals surface area contributed by atoms with E-state index in [4.69, 9.17) is 0 Å². The molecule has 0 amide bonds. The summed E-state index contributed by atoms with van der Waals surface area (Å²) in [5.74, 6) is 0. The molecule has 0 radical (unpaired) electrons. The third kappa shape index (κ3) is 4.46. The average Bonchev–Trinajstić information content (AvgIpc) is 2.38. The van der Waals surface area contributed by atoms with Crippen molar-refractivity contribution >= 4 is 15.7 Å². The summed E-state index contributed by atoms with van der Waals surface area (Å²) in [6.45, 7) is 3.82. The van der Waals surface area contributed by atoms with Gasteiger partial charge in [0.2, 0.25) is 10.0 Å². The van der Waals surface area contributed by atoms with Gasteiger partial charge in [-0.3, -0.25) is 10.1 Å². The first-order chi connectivity index (χ1) is 8.99. The van der Waals surface area contributed by atoms with Crippen molar-refractivity contribution in [1.29, 1.82) is 0 Å². The molecular weight excluding hydrogens is 268 g/mol. The molecule has 0 aliphatic carbocycles. The minimum absolute atomic E-state index is 0.252. The average molecular weight is 284 g/mol. The molecule has 0 aliphatic heterocycles. The van der Waals surface area contributed by atoms with E-state index in [1.807, 2.05) is 0 Å². The van der Waals surface area contributed by atoms with Gasteiger partial charge in [-0.2, -0.15) is 0 Å². The van der Waals surface area contributed by atoms with Gasteiger partial charge in [0.25, 0.3) is 5.69 Å². The van der Waals surface area contributed by atoms with Crippen LogP contribution < -0.4 is 4.72 Å². The van der Waals surface area contributed by atoms with Gasteiger partial charge in [0.1, 0.15) is 0 Å². The number of rotatable bonds is 8. The van der Waals surface area contributed by atoms with Crippen LogP contribution in [0, 0.1) is 10.1 Å². The number of para-hydroxylation sites is 1. The maximum absolute atomic E-state index is 12.0. The normalized spacial score (nSPS) is 11.2. The van der Waals surface area contributed by atoms with Crippen LogP contribution in [-0.2, 0) is 10.0 Å². The van der Waals surface area contributed by atoms with Gasteiger partial charge in [-0.15, -0.1) is 6.58 Å². The van der Waals surface area contributed by atoms with E-state index in [0.717, 1.165) is 12.8 Å². The molecule has 1 N–H and O–H groups in total. The summed E-state index contributed by atoms with van der Waals surface area (Å²) in [7, 11) is -3.84. The molecule has 0 atom stereocenters. The Bertz CT molecular complexity index is 555. The smallest absolute Gasteiger partial charge is 0.258 e. The number of nitro groups is 1. The van der Waals surface area contributed by atoms with Crippen LogP contribution in [0.3, 0.4) is 0 Å². The quantitative estimate of drug-likeness (QED) is 0.343. The number of benzene rings is 1. The van der Waals surface area contributed by atoms with Crippen LogP contribution in [0.5, 0.6) is 0 Å². The second-order valence-electron chi connectivity index (χ2n) is 3.91. The van der Waals surface area contributed by atoms with Gasteiger partial charge in [0.05, 0.1) is 4.92 Å². The number of nitrogens with zero attached hydrogens (tertiary/aromatic N) is 1.